The molecule has 0 unspecified atom stereocenters. The first-order valence-electron chi connectivity index (χ1n) is 9.47. The maximum Gasteiger partial charge on any atom is 0.458 e. The molecule has 0 aliphatic rings. The van der Waals surface area contributed by atoms with Gasteiger partial charge in [-0.05, 0) is 56.9 Å². The number of thioether (sulfide) groups is 1. The highest BCUT2D eigenvalue weighted by molar-refractivity contribution is 7.98. The summed E-state index contributed by atoms with van der Waals surface area (Å²) in [7, 11) is 0. The fourth-order valence-corrected chi connectivity index (χ4v) is 3.80. The third-order valence-electron chi connectivity index (χ3n) is 4.57. The molecule has 0 bridgehead atoms. The Morgan fingerprint density at radius 2 is 1.50 bits per heavy atom. The number of rotatable bonds is 7. The summed E-state index contributed by atoms with van der Waals surface area (Å²) < 4.78 is 65.0. The van der Waals surface area contributed by atoms with Gasteiger partial charge in [0.25, 0.3) is 11.8 Å². The van der Waals surface area contributed by atoms with Gasteiger partial charge in [-0.15, -0.1) is 0 Å². The molecule has 0 spiro atoms. The molecule has 0 aromatic heterocycles. The molecule has 2 amide bonds. The Kier molecular flexibility index (Phi) is 7.59. The van der Waals surface area contributed by atoms with Crippen LogP contribution in [0.25, 0.3) is 0 Å². The number of carbonyl (C=O) groups is 2. The minimum absolute atomic E-state index is 0.0165. The van der Waals surface area contributed by atoms with Crippen LogP contribution in [-0.4, -0.2) is 35.5 Å². The van der Waals surface area contributed by atoms with E-state index in [1.807, 2.05) is 20.1 Å². The molecule has 0 radical (unpaired) electrons. The van der Waals surface area contributed by atoms with Crippen LogP contribution in [0.1, 0.15) is 45.7 Å². The standard InChI is InChI=1S/C22H23F5N2O2S/c1-13-11-14(21(23,24)22(25,26)27)9-10-17(13)28-18(30)15-7-5-6-8-16(15)19(31)29-20(2,3)12-32-4/h5-11H,12H2,1-4H3,(H,28,30)(H,29,31). The van der Waals surface area contributed by atoms with Gasteiger partial charge in [-0.25, -0.2) is 0 Å². The minimum atomic E-state index is -5.74. The number of anilines is 1. The van der Waals surface area contributed by atoms with Crippen molar-refractivity contribution in [3.05, 3.63) is 64.7 Å². The Labute approximate surface area is 187 Å². The van der Waals surface area contributed by atoms with E-state index in [1.165, 1.54) is 19.1 Å². The molecule has 0 atom stereocenters. The van der Waals surface area contributed by atoms with Crippen LogP contribution in [0.3, 0.4) is 0 Å². The van der Waals surface area contributed by atoms with E-state index in [-0.39, 0.29) is 22.4 Å². The van der Waals surface area contributed by atoms with Crippen LogP contribution in [0.5, 0.6) is 0 Å². The first-order chi connectivity index (χ1) is 14.7. The fourth-order valence-electron chi connectivity index (χ4n) is 3.00. The van der Waals surface area contributed by atoms with Gasteiger partial charge in [0.15, 0.2) is 0 Å². The highest BCUT2D eigenvalue weighted by atomic mass is 32.2. The second-order valence-corrected chi connectivity index (χ2v) is 8.74. The molecular weight excluding hydrogens is 451 g/mol. The molecule has 0 heterocycles. The summed E-state index contributed by atoms with van der Waals surface area (Å²) in [5.41, 5.74) is -1.55. The molecular formula is C22H23F5N2O2S. The number of aryl methyl sites for hydroxylation is 1. The van der Waals surface area contributed by atoms with Gasteiger partial charge in [0.1, 0.15) is 0 Å². The second kappa shape index (κ2) is 9.48. The Morgan fingerprint density at radius 1 is 0.938 bits per heavy atom. The molecule has 2 rings (SSSR count). The van der Waals surface area contributed by atoms with E-state index in [4.69, 9.17) is 0 Å². The van der Waals surface area contributed by atoms with E-state index < -0.39 is 35.0 Å². The van der Waals surface area contributed by atoms with Crippen molar-refractivity contribution in [2.24, 2.45) is 0 Å². The Balaban J connectivity index is 2.28. The molecule has 4 nitrogen and oxygen atoms in total. The van der Waals surface area contributed by atoms with Crippen molar-refractivity contribution >= 4 is 29.3 Å². The van der Waals surface area contributed by atoms with E-state index in [0.717, 1.165) is 6.07 Å². The first-order valence-corrected chi connectivity index (χ1v) is 10.9. The van der Waals surface area contributed by atoms with Crippen LogP contribution in [-0.2, 0) is 5.92 Å². The van der Waals surface area contributed by atoms with E-state index >= 15 is 0 Å². The van der Waals surface area contributed by atoms with Crippen molar-refractivity contribution in [3.8, 4) is 0 Å². The first kappa shape index (κ1) is 25.6. The molecule has 0 fully saturated rings. The van der Waals surface area contributed by atoms with E-state index in [1.54, 1.807) is 23.9 Å². The van der Waals surface area contributed by atoms with Gasteiger partial charge < -0.3 is 10.6 Å². The maximum atomic E-state index is 13.6. The van der Waals surface area contributed by atoms with Gasteiger partial charge in [-0.2, -0.15) is 33.7 Å². The lowest BCUT2D eigenvalue weighted by Gasteiger charge is -2.25. The van der Waals surface area contributed by atoms with Crippen LogP contribution in [0.15, 0.2) is 42.5 Å². The van der Waals surface area contributed by atoms with Gasteiger partial charge in [-0.3, -0.25) is 9.59 Å². The van der Waals surface area contributed by atoms with Crippen molar-refractivity contribution in [2.45, 2.75) is 38.4 Å². The monoisotopic (exact) mass is 474 g/mol. The topological polar surface area (TPSA) is 58.2 Å². The smallest absolute Gasteiger partial charge is 0.346 e. The fraction of sp³-hybridized carbons (Fsp3) is 0.364. The largest absolute Gasteiger partial charge is 0.458 e. The quantitative estimate of drug-likeness (QED) is 0.501. The number of hydrogen-bond donors (Lipinski definition) is 2. The van der Waals surface area contributed by atoms with Crippen LogP contribution >= 0.6 is 11.8 Å². The molecule has 0 aliphatic carbocycles. The van der Waals surface area contributed by atoms with Gasteiger partial charge in [0.05, 0.1) is 11.1 Å². The van der Waals surface area contributed by atoms with E-state index in [0.29, 0.717) is 17.9 Å². The van der Waals surface area contributed by atoms with Crippen LogP contribution in [0.4, 0.5) is 27.6 Å². The molecule has 2 aromatic carbocycles. The molecule has 0 aliphatic heterocycles. The van der Waals surface area contributed by atoms with Crippen LogP contribution in [0, 0.1) is 6.92 Å². The Bertz CT molecular complexity index is 1010. The average molecular weight is 474 g/mol. The second-order valence-electron chi connectivity index (χ2n) is 7.87. The highest BCUT2D eigenvalue weighted by Gasteiger charge is 2.58. The number of benzene rings is 2. The van der Waals surface area contributed by atoms with Crippen LogP contribution < -0.4 is 10.6 Å². The summed E-state index contributed by atoms with van der Waals surface area (Å²) in [5, 5.41) is 5.33. The van der Waals surface area contributed by atoms with Gasteiger partial charge >= 0.3 is 12.1 Å². The van der Waals surface area contributed by atoms with Crippen molar-refractivity contribution in [1.29, 1.82) is 0 Å². The lowest BCUT2D eigenvalue weighted by molar-refractivity contribution is -0.289. The lowest BCUT2D eigenvalue weighted by Crippen LogP contribution is -2.45. The molecule has 0 saturated carbocycles. The van der Waals surface area contributed by atoms with Crippen molar-refractivity contribution < 1.29 is 31.5 Å². The summed E-state index contributed by atoms with van der Waals surface area (Å²) in [6.45, 7) is 4.98. The maximum absolute atomic E-state index is 13.6. The summed E-state index contributed by atoms with van der Waals surface area (Å²) in [4.78, 5) is 25.5. The third kappa shape index (κ3) is 5.79. The Morgan fingerprint density at radius 3 is 2.00 bits per heavy atom. The SMILES string of the molecule is CSCC(C)(C)NC(=O)c1ccccc1C(=O)Nc1ccc(C(F)(F)C(F)(F)F)cc1C. The molecule has 2 N–H and O–H groups in total. The van der Waals surface area contributed by atoms with Gasteiger partial charge in [0, 0.05) is 22.5 Å². The van der Waals surface area contributed by atoms with Crippen molar-refractivity contribution in [1.82, 2.24) is 5.32 Å². The van der Waals surface area contributed by atoms with Crippen LogP contribution in [0.2, 0.25) is 0 Å². The van der Waals surface area contributed by atoms with Gasteiger partial charge in [0.2, 0.25) is 0 Å². The predicted octanol–water partition coefficient (Wildman–Crippen LogP) is 5.77. The zero-order valence-electron chi connectivity index (χ0n) is 17.9. The molecule has 32 heavy (non-hydrogen) atoms. The number of halogens is 5. The molecule has 2 aromatic rings. The third-order valence-corrected chi connectivity index (χ3v) is 5.58. The zero-order valence-corrected chi connectivity index (χ0v) is 18.7. The summed E-state index contributed by atoms with van der Waals surface area (Å²) in [6.07, 6.45) is -3.84. The lowest BCUT2D eigenvalue weighted by atomic mass is 10.0. The molecule has 174 valence electrons. The number of nitrogens with one attached hydrogen (secondary N) is 2. The number of amides is 2. The average Bonchev–Trinajstić information content (AvgIpc) is 2.68. The molecule has 0 saturated heterocycles. The highest BCUT2D eigenvalue weighted by Crippen LogP contribution is 2.44. The normalized spacial score (nSPS) is 12.4. The number of alkyl halides is 5. The van der Waals surface area contributed by atoms with Crippen molar-refractivity contribution in [3.63, 3.8) is 0 Å². The minimum Gasteiger partial charge on any atom is -0.346 e. The summed E-state index contributed by atoms with van der Waals surface area (Å²) >= 11 is 1.55. The zero-order chi connectivity index (χ0) is 24.3. The number of carbonyl (C=O) groups excluding carboxylic acids is 2. The summed E-state index contributed by atoms with van der Waals surface area (Å²) in [6, 6.07) is 8.30. The van der Waals surface area contributed by atoms with E-state index in [9.17, 15) is 31.5 Å². The van der Waals surface area contributed by atoms with E-state index in [2.05, 4.69) is 10.6 Å². The van der Waals surface area contributed by atoms with Gasteiger partial charge in [-0.1, -0.05) is 18.2 Å². The summed E-state index contributed by atoms with van der Waals surface area (Å²) in [5.74, 6) is -5.54. The van der Waals surface area contributed by atoms with Crippen molar-refractivity contribution in [2.75, 3.05) is 17.3 Å². The number of hydrogen-bond acceptors (Lipinski definition) is 3. The predicted molar refractivity (Wildman–Crippen MR) is 115 cm³/mol. The molecule has 10 heteroatoms. The Hall–Kier alpha value is -2.62.